The number of anilines is 1. The summed E-state index contributed by atoms with van der Waals surface area (Å²) in [6, 6.07) is 1.30. The predicted molar refractivity (Wildman–Crippen MR) is 63.1 cm³/mol. The van der Waals surface area contributed by atoms with Gasteiger partial charge in [-0.15, -0.1) is 0 Å². The van der Waals surface area contributed by atoms with Crippen molar-refractivity contribution in [3.8, 4) is 0 Å². The summed E-state index contributed by atoms with van der Waals surface area (Å²) in [5.41, 5.74) is 1.46. The van der Waals surface area contributed by atoms with E-state index in [4.69, 9.17) is 0 Å². The fourth-order valence-corrected chi connectivity index (χ4v) is 1.38. The van der Waals surface area contributed by atoms with Gasteiger partial charge in [0.25, 0.3) is 5.91 Å². The molecule has 0 radical (unpaired) electrons. The van der Waals surface area contributed by atoms with Crippen molar-refractivity contribution in [1.82, 2.24) is 15.2 Å². The van der Waals surface area contributed by atoms with E-state index in [-0.39, 0.29) is 11.0 Å². The SMILES string of the molecule is Cc1[nH]nc(NC(=O)c2c[nH]ccc2=O)c1C. The van der Waals surface area contributed by atoms with Crippen LogP contribution in [-0.4, -0.2) is 21.1 Å². The van der Waals surface area contributed by atoms with Gasteiger partial charge in [-0.1, -0.05) is 0 Å². The zero-order chi connectivity index (χ0) is 12.4. The summed E-state index contributed by atoms with van der Waals surface area (Å²) in [5, 5.41) is 9.29. The van der Waals surface area contributed by atoms with Crippen molar-refractivity contribution < 1.29 is 4.79 Å². The van der Waals surface area contributed by atoms with Gasteiger partial charge in [0.2, 0.25) is 0 Å². The highest BCUT2D eigenvalue weighted by atomic mass is 16.2. The lowest BCUT2D eigenvalue weighted by Crippen LogP contribution is -2.21. The van der Waals surface area contributed by atoms with E-state index in [0.29, 0.717) is 5.82 Å². The Kier molecular flexibility index (Phi) is 2.78. The highest BCUT2D eigenvalue weighted by Crippen LogP contribution is 2.14. The molecule has 0 aliphatic heterocycles. The molecule has 0 saturated heterocycles. The predicted octanol–water partition coefficient (Wildman–Crippen LogP) is 0.967. The number of hydrogen-bond acceptors (Lipinski definition) is 3. The average molecular weight is 232 g/mol. The molecular weight excluding hydrogens is 220 g/mol. The van der Waals surface area contributed by atoms with Crippen molar-refractivity contribution in [3.63, 3.8) is 0 Å². The van der Waals surface area contributed by atoms with E-state index in [2.05, 4.69) is 20.5 Å². The fraction of sp³-hybridized carbons (Fsp3) is 0.182. The van der Waals surface area contributed by atoms with Crippen LogP contribution >= 0.6 is 0 Å². The minimum absolute atomic E-state index is 0.0625. The molecule has 0 spiro atoms. The third kappa shape index (κ3) is 2.10. The number of nitrogens with one attached hydrogen (secondary N) is 3. The van der Waals surface area contributed by atoms with E-state index in [1.165, 1.54) is 18.5 Å². The molecule has 2 rings (SSSR count). The second-order valence-corrected chi connectivity index (χ2v) is 3.70. The number of aromatic nitrogens is 3. The zero-order valence-electron chi connectivity index (χ0n) is 9.50. The molecule has 1 amide bonds. The number of pyridine rings is 1. The summed E-state index contributed by atoms with van der Waals surface area (Å²) in [7, 11) is 0. The molecule has 0 atom stereocenters. The normalized spacial score (nSPS) is 10.2. The molecule has 0 aromatic carbocycles. The summed E-state index contributed by atoms with van der Waals surface area (Å²) in [6.45, 7) is 3.69. The number of rotatable bonds is 2. The molecule has 0 aliphatic rings. The van der Waals surface area contributed by atoms with E-state index in [9.17, 15) is 9.59 Å². The van der Waals surface area contributed by atoms with Crippen molar-refractivity contribution in [2.24, 2.45) is 0 Å². The van der Waals surface area contributed by atoms with Crippen molar-refractivity contribution in [1.29, 1.82) is 0 Å². The number of amides is 1. The van der Waals surface area contributed by atoms with Gasteiger partial charge in [-0.2, -0.15) is 5.10 Å². The first-order valence-electron chi connectivity index (χ1n) is 5.09. The van der Waals surface area contributed by atoms with Crippen LogP contribution in [0.4, 0.5) is 5.82 Å². The topological polar surface area (TPSA) is 90.6 Å². The van der Waals surface area contributed by atoms with Crippen LogP contribution in [0.25, 0.3) is 0 Å². The lowest BCUT2D eigenvalue weighted by molar-refractivity contribution is 0.102. The minimum Gasteiger partial charge on any atom is -0.367 e. The van der Waals surface area contributed by atoms with Crippen LogP contribution in [0.5, 0.6) is 0 Å². The van der Waals surface area contributed by atoms with Crippen molar-refractivity contribution >= 4 is 11.7 Å². The molecule has 2 aromatic rings. The number of nitrogens with zero attached hydrogens (tertiary/aromatic N) is 1. The van der Waals surface area contributed by atoms with Gasteiger partial charge in [0.1, 0.15) is 5.56 Å². The van der Waals surface area contributed by atoms with Crippen LogP contribution < -0.4 is 10.7 Å². The molecular formula is C11H12N4O2. The Bertz CT molecular complexity index is 612. The molecule has 3 N–H and O–H groups in total. The van der Waals surface area contributed by atoms with Crippen molar-refractivity contribution in [2.75, 3.05) is 5.32 Å². The Labute approximate surface area is 97.1 Å². The zero-order valence-corrected chi connectivity index (χ0v) is 9.50. The van der Waals surface area contributed by atoms with Crippen LogP contribution in [0, 0.1) is 13.8 Å². The first kappa shape index (κ1) is 11.1. The van der Waals surface area contributed by atoms with Gasteiger partial charge >= 0.3 is 0 Å². The number of aryl methyl sites for hydroxylation is 1. The first-order chi connectivity index (χ1) is 8.09. The molecule has 0 unspecified atom stereocenters. The number of aromatic amines is 2. The van der Waals surface area contributed by atoms with E-state index in [0.717, 1.165) is 11.3 Å². The summed E-state index contributed by atoms with van der Waals surface area (Å²) in [5.74, 6) is -0.0304. The third-order valence-corrected chi connectivity index (χ3v) is 2.55. The summed E-state index contributed by atoms with van der Waals surface area (Å²) in [4.78, 5) is 25.9. The molecule has 6 nitrogen and oxygen atoms in total. The lowest BCUT2D eigenvalue weighted by atomic mass is 10.2. The number of carbonyl (C=O) groups excluding carboxylic acids is 1. The number of carbonyl (C=O) groups is 1. The second-order valence-electron chi connectivity index (χ2n) is 3.70. The molecule has 2 aromatic heterocycles. The quantitative estimate of drug-likeness (QED) is 0.720. The molecule has 0 fully saturated rings. The number of hydrogen-bond donors (Lipinski definition) is 3. The second kappa shape index (κ2) is 4.25. The standard InChI is InChI=1S/C11H12N4O2/c1-6-7(2)14-15-10(6)13-11(17)8-5-12-4-3-9(8)16/h3-5H,1-2H3,(H,12,16)(H2,13,14,15,17). The highest BCUT2D eigenvalue weighted by molar-refractivity contribution is 6.03. The van der Waals surface area contributed by atoms with Gasteiger partial charge in [0, 0.05) is 29.7 Å². The Morgan fingerprint density at radius 3 is 2.76 bits per heavy atom. The minimum atomic E-state index is -0.471. The van der Waals surface area contributed by atoms with E-state index in [1.807, 2.05) is 13.8 Å². The van der Waals surface area contributed by atoms with Gasteiger partial charge in [0.15, 0.2) is 11.2 Å². The molecule has 17 heavy (non-hydrogen) atoms. The Morgan fingerprint density at radius 2 is 2.18 bits per heavy atom. The van der Waals surface area contributed by atoms with Gasteiger partial charge in [-0.25, -0.2) is 0 Å². The van der Waals surface area contributed by atoms with Crippen LogP contribution in [0.15, 0.2) is 23.3 Å². The fourth-order valence-electron chi connectivity index (χ4n) is 1.38. The van der Waals surface area contributed by atoms with Crippen LogP contribution in [0.1, 0.15) is 21.6 Å². The Morgan fingerprint density at radius 1 is 1.41 bits per heavy atom. The van der Waals surface area contributed by atoms with Gasteiger partial charge in [-0.05, 0) is 13.8 Å². The maximum Gasteiger partial charge on any atom is 0.262 e. The first-order valence-corrected chi connectivity index (χ1v) is 5.09. The molecule has 6 heteroatoms. The van der Waals surface area contributed by atoms with E-state index < -0.39 is 5.91 Å². The number of H-pyrrole nitrogens is 2. The Balaban J connectivity index is 2.27. The molecule has 0 bridgehead atoms. The highest BCUT2D eigenvalue weighted by Gasteiger charge is 2.13. The third-order valence-electron chi connectivity index (χ3n) is 2.55. The largest absolute Gasteiger partial charge is 0.367 e. The van der Waals surface area contributed by atoms with Crippen LogP contribution in [0.2, 0.25) is 0 Å². The monoisotopic (exact) mass is 232 g/mol. The lowest BCUT2D eigenvalue weighted by Gasteiger charge is -2.01. The maximum absolute atomic E-state index is 11.8. The maximum atomic E-state index is 11.8. The molecule has 88 valence electrons. The average Bonchev–Trinajstić information content (AvgIpc) is 2.61. The summed E-state index contributed by atoms with van der Waals surface area (Å²) in [6.07, 6.45) is 2.84. The smallest absolute Gasteiger partial charge is 0.262 e. The Hall–Kier alpha value is -2.37. The summed E-state index contributed by atoms with van der Waals surface area (Å²) >= 11 is 0. The van der Waals surface area contributed by atoms with Crippen LogP contribution in [-0.2, 0) is 0 Å². The van der Waals surface area contributed by atoms with Crippen LogP contribution in [0.3, 0.4) is 0 Å². The summed E-state index contributed by atoms with van der Waals surface area (Å²) < 4.78 is 0. The molecule has 0 saturated carbocycles. The van der Waals surface area contributed by atoms with E-state index in [1.54, 1.807) is 0 Å². The van der Waals surface area contributed by atoms with Gasteiger partial charge < -0.3 is 10.3 Å². The van der Waals surface area contributed by atoms with E-state index >= 15 is 0 Å². The van der Waals surface area contributed by atoms with Gasteiger partial charge in [0.05, 0.1) is 0 Å². The molecule has 2 heterocycles. The molecule has 0 aliphatic carbocycles. The van der Waals surface area contributed by atoms with Crippen molar-refractivity contribution in [3.05, 3.63) is 45.5 Å². The van der Waals surface area contributed by atoms with Gasteiger partial charge in [-0.3, -0.25) is 14.7 Å². The van der Waals surface area contributed by atoms with Crippen molar-refractivity contribution in [2.45, 2.75) is 13.8 Å².